The molecule has 4 N–H and O–H groups in total. The maximum Gasteiger partial charge on any atom is 0.407 e. The number of aliphatic hydroxyl groups excluding tert-OH is 1. The second kappa shape index (κ2) is 18.5. The van der Waals surface area contributed by atoms with Gasteiger partial charge in [0.15, 0.2) is 0 Å². The van der Waals surface area contributed by atoms with E-state index in [0.29, 0.717) is 50.5 Å². The fraction of sp³-hybridized carbons (Fsp3) is 0.700. The smallest absolute Gasteiger partial charge is 0.407 e. The van der Waals surface area contributed by atoms with Gasteiger partial charge in [0.25, 0.3) is 5.91 Å². The molecule has 0 spiro atoms. The van der Waals surface area contributed by atoms with Gasteiger partial charge in [-0.25, -0.2) is 4.79 Å². The lowest BCUT2D eigenvalue weighted by Gasteiger charge is -2.29. The summed E-state index contributed by atoms with van der Waals surface area (Å²) in [5.41, 5.74) is -0.275. The molecular weight excluding hydrogens is 514 g/mol. The van der Waals surface area contributed by atoms with Crippen LogP contribution in [0.4, 0.5) is 4.79 Å². The number of alkyl carbamates (subject to hydrolysis) is 1. The van der Waals surface area contributed by atoms with E-state index in [1.165, 1.54) is 0 Å². The standard InChI is InChI=1S/C30H51N3O7/c1-8-9-15-31-27(35)22(3)19-25(34)24(33-29(37)40-30(4,5)6)18-21(2)20-32-28(36)23-13-10-11-14-26(23)39-17-12-16-38-7/h10-11,13-14,21-22,24-25,34H,8-9,12,15-20H2,1-7H3,(H,31,35)(H,32,36)(H,33,37). The molecule has 1 rings (SSSR count). The first kappa shape index (κ1) is 35.2. The van der Waals surface area contributed by atoms with Crippen LogP contribution >= 0.6 is 0 Å². The third-order valence-electron chi connectivity index (χ3n) is 6.19. The van der Waals surface area contributed by atoms with Gasteiger partial charge in [0.05, 0.1) is 24.3 Å². The van der Waals surface area contributed by atoms with Crippen LogP contribution in [0.25, 0.3) is 0 Å². The van der Waals surface area contributed by atoms with Gasteiger partial charge in [-0.1, -0.05) is 39.3 Å². The molecule has 0 fully saturated rings. The second-order valence-corrected chi connectivity index (χ2v) is 11.3. The molecule has 0 aliphatic heterocycles. The molecule has 0 aromatic heterocycles. The molecule has 228 valence electrons. The number of amides is 3. The van der Waals surface area contributed by atoms with Crippen molar-refractivity contribution in [2.45, 2.75) is 91.4 Å². The molecule has 4 unspecified atom stereocenters. The summed E-state index contributed by atoms with van der Waals surface area (Å²) < 4.78 is 16.2. The van der Waals surface area contributed by atoms with Crippen molar-refractivity contribution in [3.8, 4) is 5.75 Å². The topological polar surface area (TPSA) is 135 Å². The lowest BCUT2D eigenvalue weighted by molar-refractivity contribution is -0.125. The first-order chi connectivity index (χ1) is 18.9. The maximum absolute atomic E-state index is 12.9. The number of unbranched alkanes of at least 4 members (excludes halogenated alkanes) is 1. The Labute approximate surface area is 239 Å². The minimum atomic E-state index is -0.987. The average molecular weight is 566 g/mol. The lowest BCUT2D eigenvalue weighted by atomic mass is 9.91. The van der Waals surface area contributed by atoms with Gasteiger partial charge in [-0.2, -0.15) is 0 Å². The van der Waals surface area contributed by atoms with Crippen LogP contribution in [-0.4, -0.2) is 74.2 Å². The van der Waals surface area contributed by atoms with E-state index in [1.807, 2.05) is 19.9 Å². The van der Waals surface area contributed by atoms with Gasteiger partial charge in [-0.05, 0) is 58.1 Å². The van der Waals surface area contributed by atoms with Crippen LogP contribution in [0.15, 0.2) is 24.3 Å². The van der Waals surface area contributed by atoms with E-state index in [2.05, 4.69) is 16.0 Å². The molecule has 40 heavy (non-hydrogen) atoms. The van der Waals surface area contributed by atoms with Crippen LogP contribution in [0.1, 0.15) is 84.0 Å². The van der Waals surface area contributed by atoms with Crippen molar-refractivity contribution in [2.75, 3.05) is 33.4 Å². The van der Waals surface area contributed by atoms with Crippen molar-refractivity contribution in [3.05, 3.63) is 29.8 Å². The van der Waals surface area contributed by atoms with E-state index >= 15 is 0 Å². The highest BCUT2D eigenvalue weighted by atomic mass is 16.6. The van der Waals surface area contributed by atoms with Crippen molar-refractivity contribution in [2.24, 2.45) is 11.8 Å². The normalized spacial score (nSPS) is 14.4. The van der Waals surface area contributed by atoms with E-state index in [-0.39, 0.29) is 24.2 Å². The molecule has 3 amide bonds. The number of carbonyl (C=O) groups excluding carboxylic acids is 3. The Hall–Kier alpha value is -2.85. The minimum Gasteiger partial charge on any atom is -0.493 e. The van der Waals surface area contributed by atoms with Gasteiger partial charge >= 0.3 is 6.09 Å². The molecule has 4 atom stereocenters. The van der Waals surface area contributed by atoms with Crippen molar-refractivity contribution in [1.29, 1.82) is 0 Å². The zero-order chi connectivity index (χ0) is 30.1. The molecule has 0 heterocycles. The first-order valence-corrected chi connectivity index (χ1v) is 14.3. The zero-order valence-electron chi connectivity index (χ0n) is 25.4. The number of benzene rings is 1. The lowest BCUT2D eigenvalue weighted by Crippen LogP contribution is -2.48. The van der Waals surface area contributed by atoms with Crippen LogP contribution < -0.4 is 20.7 Å². The van der Waals surface area contributed by atoms with Crippen molar-refractivity contribution >= 4 is 17.9 Å². The highest BCUT2D eigenvalue weighted by Gasteiger charge is 2.29. The van der Waals surface area contributed by atoms with Crippen LogP contribution in [0.3, 0.4) is 0 Å². The van der Waals surface area contributed by atoms with E-state index in [4.69, 9.17) is 14.2 Å². The average Bonchev–Trinajstić information content (AvgIpc) is 2.88. The molecule has 0 radical (unpaired) electrons. The van der Waals surface area contributed by atoms with Crippen molar-refractivity contribution < 1.29 is 33.7 Å². The molecule has 10 heteroatoms. The largest absolute Gasteiger partial charge is 0.493 e. The summed E-state index contributed by atoms with van der Waals surface area (Å²) in [7, 11) is 1.63. The highest BCUT2D eigenvalue weighted by Crippen LogP contribution is 2.20. The molecule has 0 aliphatic carbocycles. The third-order valence-corrected chi connectivity index (χ3v) is 6.19. The number of hydrogen-bond donors (Lipinski definition) is 4. The molecule has 0 saturated heterocycles. The molecule has 1 aromatic carbocycles. The molecule has 0 saturated carbocycles. The third kappa shape index (κ3) is 14.5. The fourth-order valence-electron chi connectivity index (χ4n) is 4.01. The number of rotatable bonds is 18. The summed E-state index contributed by atoms with van der Waals surface area (Å²) in [6.45, 7) is 12.9. The summed E-state index contributed by atoms with van der Waals surface area (Å²) in [6.07, 6.45) is 1.46. The SMILES string of the molecule is CCCCNC(=O)C(C)CC(O)C(CC(C)CNC(=O)c1ccccc1OCCCOC)NC(=O)OC(C)(C)C. The predicted octanol–water partition coefficient (Wildman–Crippen LogP) is 4.05. The van der Waals surface area contributed by atoms with Gasteiger partial charge in [0, 0.05) is 39.1 Å². The molecule has 1 aromatic rings. The second-order valence-electron chi connectivity index (χ2n) is 11.3. The quantitative estimate of drug-likeness (QED) is 0.197. The van der Waals surface area contributed by atoms with E-state index in [9.17, 15) is 19.5 Å². The van der Waals surface area contributed by atoms with Crippen molar-refractivity contribution in [1.82, 2.24) is 16.0 Å². The predicted molar refractivity (Wildman–Crippen MR) is 155 cm³/mol. The molecule has 0 bridgehead atoms. The number of methoxy groups -OCH3 is 1. The number of para-hydroxylation sites is 1. The minimum absolute atomic E-state index is 0.109. The van der Waals surface area contributed by atoms with E-state index in [1.54, 1.807) is 53.0 Å². The number of nitrogens with one attached hydrogen (secondary N) is 3. The summed E-state index contributed by atoms with van der Waals surface area (Å²) in [5, 5.41) is 19.6. The number of carbonyl (C=O) groups is 3. The molecule has 0 aliphatic rings. The monoisotopic (exact) mass is 565 g/mol. The van der Waals surface area contributed by atoms with Gasteiger partial charge in [0.2, 0.25) is 5.91 Å². The van der Waals surface area contributed by atoms with Crippen LogP contribution in [0.5, 0.6) is 5.75 Å². The summed E-state index contributed by atoms with van der Waals surface area (Å²) in [6, 6.07) is 6.36. The fourth-order valence-corrected chi connectivity index (χ4v) is 4.01. The Morgan fingerprint density at radius 1 is 1.00 bits per heavy atom. The Bertz CT molecular complexity index is 904. The van der Waals surface area contributed by atoms with Gasteiger partial charge in [0.1, 0.15) is 11.4 Å². The van der Waals surface area contributed by atoms with Gasteiger partial charge < -0.3 is 35.3 Å². The number of aliphatic hydroxyl groups is 1. The van der Waals surface area contributed by atoms with E-state index < -0.39 is 29.8 Å². The van der Waals surface area contributed by atoms with Gasteiger partial charge in [-0.3, -0.25) is 9.59 Å². The van der Waals surface area contributed by atoms with Crippen LogP contribution in [-0.2, 0) is 14.3 Å². The van der Waals surface area contributed by atoms with Crippen LogP contribution in [0.2, 0.25) is 0 Å². The Balaban J connectivity index is 2.82. The van der Waals surface area contributed by atoms with Crippen LogP contribution in [0, 0.1) is 11.8 Å². The van der Waals surface area contributed by atoms with E-state index in [0.717, 1.165) is 12.8 Å². The highest BCUT2D eigenvalue weighted by molar-refractivity contribution is 5.96. The Morgan fingerprint density at radius 2 is 1.70 bits per heavy atom. The zero-order valence-corrected chi connectivity index (χ0v) is 25.4. The Kier molecular flexibility index (Phi) is 16.3. The maximum atomic E-state index is 12.9. The Morgan fingerprint density at radius 3 is 2.35 bits per heavy atom. The van der Waals surface area contributed by atoms with Gasteiger partial charge in [-0.15, -0.1) is 0 Å². The summed E-state index contributed by atoms with van der Waals surface area (Å²) >= 11 is 0. The molecular formula is C30H51N3O7. The number of hydrogen-bond acceptors (Lipinski definition) is 7. The molecule has 10 nitrogen and oxygen atoms in total. The number of ether oxygens (including phenoxy) is 3. The summed E-state index contributed by atoms with van der Waals surface area (Å²) in [4.78, 5) is 37.9. The first-order valence-electron chi connectivity index (χ1n) is 14.3. The van der Waals surface area contributed by atoms with Crippen molar-refractivity contribution in [3.63, 3.8) is 0 Å². The summed E-state index contributed by atoms with van der Waals surface area (Å²) in [5.74, 6) is -0.460.